The fraction of sp³-hybridized carbons (Fsp3) is 0.795. The van der Waals surface area contributed by atoms with E-state index in [1.807, 2.05) is 21.1 Å². The molecule has 0 fully saturated rings. The number of likely N-dealkylation sites (N-methyl/N-ethyl adjacent to an activating group) is 1. The van der Waals surface area contributed by atoms with Crippen molar-refractivity contribution in [3.05, 3.63) is 85.1 Å². The van der Waals surface area contributed by atoms with Crippen LogP contribution >= 0.6 is 7.82 Å². The van der Waals surface area contributed by atoms with E-state index in [0.29, 0.717) is 17.4 Å². The second kappa shape index (κ2) is 68.6. The Kier molecular flexibility index (Phi) is 66.4. The molecule has 0 N–H and O–H groups in total. The van der Waals surface area contributed by atoms with Gasteiger partial charge in [-0.2, -0.15) is 0 Å². The van der Waals surface area contributed by atoms with Crippen LogP contribution in [0.5, 0.6) is 0 Å². The van der Waals surface area contributed by atoms with Crippen LogP contribution in [0.3, 0.4) is 0 Å². The summed E-state index contributed by atoms with van der Waals surface area (Å²) in [6.45, 7) is 4.16. The summed E-state index contributed by atoms with van der Waals surface area (Å²) in [6.07, 6.45) is 93.9. The SMILES string of the molecule is CC/C=C\C/C=C\C/C=C\C/C=C\CCCCCCCCCCCCCCCCCCCCCCCCC(=O)OC(COC(=O)CCCCCCCCCCCCCCCC/C=C\C/C=C\C/C=C\CCCCCCC)COP(=O)([O-])OCC[N+](C)(C)C. The Hall–Kier alpha value is -2.81. The topological polar surface area (TPSA) is 111 Å². The van der Waals surface area contributed by atoms with Gasteiger partial charge in [0.25, 0.3) is 7.82 Å². The molecule has 9 nitrogen and oxygen atoms in total. The Labute approximate surface area is 545 Å². The molecule has 0 radical (unpaired) electrons. The van der Waals surface area contributed by atoms with Gasteiger partial charge in [0, 0.05) is 12.8 Å². The van der Waals surface area contributed by atoms with Crippen molar-refractivity contribution < 1.29 is 42.1 Å². The van der Waals surface area contributed by atoms with E-state index < -0.39 is 26.5 Å². The lowest BCUT2D eigenvalue weighted by Crippen LogP contribution is -2.37. The van der Waals surface area contributed by atoms with Gasteiger partial charge in [0.1, 0.15) is 19.8 Å². The van der Waals surface area contributed by atoms with Gasteiger partial charge in [0.05, 0.1) is 27.7 Å². The average Bonchev–Trinajstić information content (AvgIpc) is 3.57. The fourth-order valence-corrected chi connectivity index (χ4v) is 11.4. The highest BCUT2D eigenvalue weighted by molar-refractivity contribution is 7.45. The number of nitrogens with zero attached hydrogens (tertiary/aromatic N) is 1. The molecule has 88 heavy (non-hydrogen) atoms. The molecule has 0 saturated heterocycles. The first kappa shape index (κ1) is 85.2. The van der Waals surface area contributed by atoms with E-state index >= 15 is 0 Å². The summed E-state index contributed by atoms with van der Waals surface area (Å²) in [5, 5.41) is 0. The Morgan fingerprint density at radius 2 is 0.648 bits per heavy atom. The zero-order chi connectivity index (χ0) is 64.1. The lowest BCUT2D eigenvalue weighted by atomic mass is 10.0. The number of hydrogen-bond acceptors (Lipinski definition) is 8. The van der Waals surface area contributed by atoms with Crippen LogP contribution < -0.4 is 4.89 Å². The molecule has 2 unspecified atom stereocenters. The van der Waals surface area contributed by atoms with Crippen LogP contribution in [0.4, 0.5) is 0 Å². The molecule has 0 amide bonds. The predicted octanol–water partition coefficient (Wildman–Crippen LogP) is 23.9. The van der Waals surface area contributed by atoms with Crippen LogP contribution in [0.1, 0.15) is 348 Å². The lowest BCUT2D eigenvalue weighted by molar-refractivity contribution is -0.870. The number of carbonyl (C=O) groups excluding carboxylic acids is 2. The van der Waals surface area contributed by atoms with E-state index in [4.69, 9.17) is 18.5 Å². The summed E-state index contributed by atoms with van der Waals surface area (Å²) in [4.78, 5) is 38.1. The zero-order valence-corrected chi connectivity index (χ0v) is 59.3. The van der Waals surface area contributed by atoms with Gasteiger partial charge in [0.2, 0.25) is 0 Å². The van der Waals surface area contributed by atoms with Gasteiger partial charge in [-0.1, -0.05) is 330 Å². The number of hydrogen-bond donors (Lipinski definition) is 0. The second-order valence-corrected chi connectivity index (χ2v) is 27.7. The van der Waals surface area contributed by atoms with Gasteiger partial charge < -0.3 is 27.9 Å². The molecule has 0 aliphatic carbocycles. The maximum Gasteiger partial charge on any atom is 0.306 e. The van der Waals surface area contributed by atoms with Crippen LogP contribution in [-0.2, 0) is 32.7 Å². The largest absolute Gasteiger partial charge is 0.756 e. The Balaban J connectivity index is 3.98. The molecule has 0 aromatic carbocycles. The Bertz CT molecular complexity index is 1760. The van der Waals surface area contributed by atoms with E-state index in [1.54, 1.807) is 0 Å². The molecular weight excluding hydrogens is 1110 g/mol. The minimum Gasteiger partial charge on any atom is -0.756 e. The lowest BCUT2D eigenvalue weighted by Gasteiger charge is -2.28. The molecule has 0 spiro atoms. The van der Waals surface area contributed by atoms with Crippen molar-refractivity contribution in [3.63, 3.8) is 0 Å². The summed E-state index contributed by atoms with van der Waals surface area (Å²) in [7, 11) is 1.18. The summed E-state index contributed by atoms with van der Waals surface area (Å²) in [5.74, 6) is -0.819. The van der Waals surface area contributed by atoms with Crippen molar-refractivity contribution in [1.82, 2.24) is 0 Å². The maximum atomic E-state index is 12.9. The smallest absolute Gasteiger partial charge is 0.306 e. The van der Waals surface area contributed by atoms with Crippen molar-refractivity contribution >= 4 is 19.8 Å². The average molecular weight is 1250 g/mol. The van der Waals surface area contributed by atoms with Gasteiger partial charge in [0.15, 0.2) is 6.10 Å². The minimum atomic E-state index is -4.64. The molecule has 0 aromatic rings. The number of phosphoric acid groups is 1. The summed E-state index contributed by atoms with van der Waals surface area (Å²) >= 11 is 0. The predicted molar refractivity (Wildman–Crippen MR) is 379 cm³/mol. The number of esters is 2. The number of phosphoric ester groups is 1. The molecule has 0 rings (SSSR count). The standard InChI is InChI=1S/C78H142NO8P/c1-6-8-10-12-14-16-18-20-22-24-26-28-30-32-34-36-37-38-39-40-41-43-45-47-49-51-53-55-57-59-61-63-65-67-69-71-78(81)87-76(75-86-88(82,83)85-73-72-79(3,4)5)74-84-77(80)70-68-66-64-62-60-58-56-54-52-50-48-46-44-42-35-33-31-29-27-25-23-21-19-17-15-13-11-9-7-2/h8,10,14,16,19-22,25-28,31,33,76H,6-7,9,11-13,15,17-18,23-24,29-30,32,34-75H2,1-5H3/b10-8-,16-14-,21-19-,22-20-,27-25-,28-26-,33-31-. The van der Waals surface area contributed by atoms with Gasteiger partial charge in [-0.3, -0.25) is 14.2 Å². The monoisotopic (exact) mass is 1250 g/mol. The molecule has 10 heteroatoms. The molecule has 0 aliphatic rings. The van der Waals surface area contributed by atoms with Gasteiger partial charge in [-0.05, 0) is 89.9 Å². The number of rotatable bonds is 69. The van der Waals surface area contributed by atoms with E-state index in [2.05, 4.69) is 98.9 Å². The molecule has 2 atom stereocenters. The number of allylic oxidation sites excluding steroid dienone is 14. The third kappa shape index (κ3) is 72.3. The fourth-order valence-electron chi connectivity index (χ4n) is 10.7. The molecule has 0 heterocycles. The molecule has 512 valence electrons. The van der Waals surface area contributed by atoms with Crippen LogP contribution in [0.15, 0.2) is 85.1 Å². The van der Waals surface area contributed by atoms with Crippen molar-refractivity contribution in [2.75, 3.05) is 47.5 Å². The zero-order valence-electron chi connectivity index (χ0n) is 58.4. The quantitative estimate of drug-likeness (QED) is 0.0195. The van der Waals surface area contributed by atoms with E-state index in [-0.39, 0.29) is 32.0 Å². The number of unbranched alkanes of at least 4 members (excludes halogenated alkanes) is 41. The summed E-state index contributed by atoms with van der Waals surface area (Å²) in [6, 6.07) is 0. The number of carbonyl (C=O) groups is 2. The summed E-state index contributed by atoms with van der Waals surface area (Å²) in [5.41, 5.74) is 0. The minimum absolute atomic E-state index is 0.0310. The highest BCUT2D eigenvalue weighted by atomic mass is 31.2. The van der Waals surface area contributed by atoms with Gasteiger partial charge in [-0.15, -0.1) is 0 Å². The van der Waals surface area contributed by atoms with Gasteiger partial charge in [-0.25, -0.2) is 0 Å². The molecule has 0 bridgehead atoms. The molecule has 0 saturated carbocycles. The first-order valence-corrected chi connectivity index (χ1v) is 38.8. The Morgan fingerprint density at radius 1 is 0.364 bits per heavy atom. The van der Waals surface area contributed by atoms with E-state index in [1.165, 1.54) is 238 Å². The van der Waals surface area contributed by atoms with E-state index in [0.717, 1.165) is 77.0 Å². The van der Waals surface area contributed by atoms with Crippen molar-refractivity contribution in [3.8, 4) is 0 Å². The van der Waals surface area contributed by atoms with E-state index in [9.17, 15) is 19.0 Å². The highest BCUT2D eigenvalue weighted by Crippen LogP contribution is 2.38. The van der Waals surface area contributed by atoms with Crippen LogP contribution in [0, 0.1) is 0 Å². The Morgan fingerprint density at radius 3 is 0.966 bits per heavy atom. The highest BCUT2D eigenvalue weighted by Gasteiger charge is 2.22. The molecule has 0 aliphatic heterocycles. The third-order valence-electron chi connectivity index (χ3n) is 16.4. The van der Waals surface area contributed by atoms with Crippen molar-refractivity contribution in [2.45, 2.75) is 354 Å². The molecule has 0 aromatic heterocycles. The van der Waals surface area contributed by atoms with Crippen LogP contribution in [0.2, 0.25) is 0 Å². The number of quaternary nitrogens is 1. The molecular formula is C78H142NO8P. The number of ether oxygens (including phenoxy) is 2. The normalized spacial score (nSPS) is 13.6. The van der Waals surface area contributed by atoms with Crippen molar-refractivity contribution in [1.29, 1.82) is 0 Å². The maximum absolute atomic E-state index is 12.9. The van der Waals surface area contributed by atoms with Crippen LogP contribution in [0.25, 0.3) is 0 Å². The third-order valence-corrected chi connectivity index (χ3v) is 17.4. The first-order valence-electron chi connectivity index (χ1n) is 37.3. The second-order valence-electron chi connectivity index (χ2n) is 26.3. The summed E-state index contributed by atoms with van der Waals surface area (Å²) < 4.78 is 34.4. The first-order chi connectivity index (χ1) is 43.0. The van der Waals surface area contributed by atoms with Crippen molar-refractivity contribution in [2.24, 2.45) is 0 Å². The van der Waals surface area contributed by atoms with Gasteiger partial charge >= 0.3 is 11.9 Å². The van der Waals surface area contributed by atoms with Crippen LogP contribution in [-0.4, -0.2) is 70.0 Å².